The fourth-order valence-electron chi connectivity index (χ4n) is 2.61. The highest BCUT2D eigenvalue weighted by Crippen LogP contribution is 2.22. The lowest BCUT2D eigenvalue weighted by Crippen LogP contribution is -2.32. The van der Waals surface area contributed by atoms with Crippen LogP contribution in [0.2, 0.25) is 0 Å². The lowest BCUT2D eigenvalue weighted by atomic mass is 10.0. The fraction of sp³-hybridized carbons (Fsp3) is 0.316. The second-order valence-corrected chi connectivity index (χ2v) is 6.09. The van der Waals surface area contributed by atoms with Crippen molar-refractivity contribution in [3.05, 3.63) is 58.4 Å². The molecule has 1 atom stereocenters. The van der Waals surface area contributed by atoms with Crippen LogP contribution < -0.4 is 10.6 Å². The summed E-state index contributed by atoms with van der Waals surface area (Å²) in [6.45, 7) is 9.44. The Kier molecular flexibility index (Phi) is 5.04. The molecule has 0 aliphatic heterocycles. The molecule has 1 amide bonds. The average Bonchev–Trinajstić information content (AvgIpc) is 2.46. The topological polar surface area (TPSA) is 41.1 Å². The van der Waals surface area contributed by atoms with Crippen molar-refractivity contribution in [2.45, 2.75) is 40.7 Å². The largest absolute Gasteiger partial charge is 0.374 e. The molecular formula is C19H23FN2O. The predicted octanol–water partition coefficient (Wildman–Crippen LogP) is 4.50. The molecule has 0 fully saturated rings. The molecule has 2 rings (SSSR count). The molecule has 0 saturated carbocycles. The standard InChI is InChI=1S/C19H23FN2O/c1-11-8-13(3)18(14(4)9-11)22-19(23)15(5)21-16-7-6-12(2)17(20)10-16/h6-10,15,21H,1-5H3,(H,22,23)/t15-/m1/s1. The van der Waals surface area contributed by atoms with Crippen LogP contribution in [0.4, 0.5) is 15.8 Å². The summed E-state index contributed by atoms with van der Waals surface area (Å²) in [6, 6.07) is 8.46. The third kappa shape index (κ3) is 4.09. The molecule has 0 unspecified atom stereocenters. The monoisotopic (exact) mass is 314 g/mol. The number of hydrogen-bond acceptors (Lipinski definition) is 2. The number of anilines is 2. The van der Waals surface area contributed by atoms with Gasteiger partial charge in [0.25, 0.3) is 0 Å². The molecule has 2 aromatic carbocycles. The molecule has 3 nitrogen and oxygen atoms in total. The summed E-state index contributed by atoms with van der Waals surface area (Å²) >= 11 is 0. The molecule has 0 aromatic heterocycles. The Hall–Kier alpha value is -2.36. The molecule has 0 spiro atoms. The van der Waals surface area contributed by atoms with Gasteiger partial charge in [-0.05, 0) is 63.4 Å². The summed E-state index contributed by atoms with van der Waals surface area (Å²) in [5.74, 6) is -0.436. The third-order valence-electron chi connectivity index (χ3n) is 3.87. The van der Waals surface area contributed by atoms with Crippen LogP contribution in [-0.2, 0) is 4.79 Å². The van der Waals surface area contributed by atoms with Gasteiger partial charge in [-0.25, -0.2) is 4.39 Å². The van der Waals surface area contributed by atoms with Crippen molar-refractivity contribution in [3.8, 4) is 0 Å². The van der Waals surface area contributed by atoms with Gasteiger partial charge in [-0.3, -0.25) is 4.79 Å². The number of rotatable bonds is 4. The van der Waals surface area contributed by atoms with Crippen LogP contribution in [0.3, 0.4) is 0 Å². The van der Waals surface area contributed by atoms with Crippen LogP contribution in [0.5, 0.6) is 0 Å². The molecule has 4 heteroatoms. The van der Waals surface area contributed by atoms with Gasteiger partial charge in [0.1, 0.15) is 11.9 Å². The molecule has 0 radical (unpaired) electrons. The minimum Gasteiger partial charge on any atom is -0.374 e. The highest BCUT2D eigenvalue weighted by Gasteiger charge is 2.15. The third-order valence-corrected chi connectivity index (χ3v) is 3.87. The van der Waals surface area contributed by atoms with E-state index < -0.39 is 6.04 Å². The molecule has 0 heterocycles. The van der Waals surface area contributed by atoms with Gasteiger partial charge >= 0.3 is 0 Å². The van der Waals surface area contributed by atoms with E-state index in [1.807, 2.05) is 32.9 Å². The first-order valence-corrected chi connectivity index (χ1v) is 7.69. The number of carbonyl (C=O) groups is 1. The maximum absolute atomic E-state index is 13.6. The van der Waals surface area contributed by atoms with Gasteiger partial charge in [-0.1, -0.05) is 23.8 Å². The predicted molar refractivity (Wildman–Crippen MR) is 93.5 cm³/mol. The number of halogens is 1. The van der Waals surface area contributed by atoms with Crippen LogP contribution in [-0.4, -0.2) is 11.9 Å². The zero-order valence-electron chi connectivity index (χ0n) is 14.3. The number of aryl methyl sites for hydroxylation is 4. The Bertz CT molecular complexity index is 717. The van der Waals surface area contributed by atoms with Crippen molar-refractivity contribution < 1.29 is 9.18 Å². The first kappa shape index (κ1) is 17.0. The second kappa shape index (κ2) is 6.82. The van der Waals surface area contributed by atoms with Gasteiger partial charge in [0, 0.05) is 11.4 Å². The van der Waals surface area contributed by atoms with E-state index in [0.29, 0.717) is 11.3 Å². The van der Waals surface area contributed by atoms with Crippen LogP contribution >= 0.6 is 0 Å². The Balaban J connectivity index is 2.10. The van der Waals surface area contributed by atoms with Gasteiger partial charge in [0.2, 0.25) is 5.91 Å². The van der Waals surface area contributed by atoms with Gasteiger partial charge in [-0.15, -0.1) is 0 Å². The summed E-state index contributed by atoms with van der Waals surface area (Å²) < 4.78 is 13.6. The van der Waals surface area contributed by atoms with E-state index in [9.17, 15) is 9.18 Å². The zero-order valence-corrected chi connectivity index (χ0v) is 14.3. The first-order chi connectivity index (χ1) is 10.8. The van der Waals surface area contributed by atoms with E-state index in [1.165, 1.54) is 11.6 Å². The molecule has 122 valence electrons. The maximum atomic E-state index is 13.6. The van der Waals surface area contributed by atoms with Crippen molar-refractivity contribution in [3.63, 3.8) is 0 Å². The van der Waals surface area contributed by atoms with Crippen molar-refractivity contribution in [2.24, 2.45) is 0 Å². The fourth-order valence-corrected chi connectivity index (χ4v) is 2.61. The minimum absolute atomic E-state index is 0.152. The number of hydrogen-bond donors (Lipinski definition) is 2. The smallest absolute Gasteiger partial charge is 0.246 e. The van der Waals surface area contributed by atoms with E-state index in [-0.39, 0.29) is 11.7 Å². The van der Waals surface area contributed by atoms with Crippen molar-refractivity contribution in [2.75, 3.05) is 10.6 Å². The highest BCUT2D eigenvalue weighted by molar-refractivity contribution is 5.97. The van der Waals surface area contributed by atoms with E-state index in [1.54, 1.807) is 26.0 Å². The van der Waals surface area contributed by atoms with Crippen molar-refractivity contribution in [1.29, 1.82) is 0 Å². The summed E-state index contributed by atoms with van der Waals surface area (Å²) in [4.78, 5) is 12.4. The van der Waals surface area contributed by atoms with Gasteiger partial charge in [-0.2, -0.15) is 0 Å². The van der Waals surface area contributed by atoms with Crippen LogP contribution in [0.25, 0.3) is 0 Å². The van der Waals surface area contributed by atoms with Crippen LogP contribution in [0.1, 0.15) is 29.2 Å². The summed E-state index contributed by atoms with van der Waals surface area (Å²) in [5.41, 5.74) is 5.24. The maximum Gasteiger partial charge on any atom is 0.246 e. The first-order valence-electron chi connectivity index (χ1n) is 7.69. The van der Waals surface area contributed by atoms with E-state index in [0.717, 1.165) is 16.8 Å². The van der Waals surface area contributed by atoms with E-state index in [4.69, 9.17) is 0 Å². The Morgan fingerprint density at radius 3 is 2.17 bits per heavy atom. The van der Waals surface area contributed by atoms with E-state index >= 15 is 0 Å². The Morgan fingerprint density at radius 2 is 1.61 bits per heavy atom. The van der Waals surface area contributed by atoms with E-state index in [2.05, 4.69) is 10.6 Å². The molecule has 0 bridgehead atoms. The highest BCUT2D eigenvalue weighted by atomic mass is 19.1. The summed E-state index contributed by atoms with van der Waals surface area (Å²) in [7, 11) is 0. The molecule has 0 aliphatic rings. The lowest BCUT2D eigenvalue weighted by molar-refractivity contribution is -0.116. The zero-order chi connectivity index (χ0) is 17.1. The average molecular weight is 314 g/mol. The number of benzene rings is 2. The number of nitrogens with one attached hydrogen (secondary N) is 2. The van der Waals surface area contributed by atoms with Crippen LogP contribution in [0, 0.1) is 33.5 Å². The molecule has 2 N–H and O–H groups in total. The normalized spacial score (nSPS) is 11.9. The summed E-state index contributed by atoms with van der Waals surface area (Å²) in [5, 5.41) is 5.98. The molecule has 23 heavy (non-hydrogen) atoms. The molecule has 0 aliphatic carbocycles. The number of carbonyl (C=O) groups excluding carboxylic acids is 1. The quantitative estimate of drug-likeness (QED) is 0.872. The SMILES string of the molecule is Cc1cc(C)c(NC(=O)[C@@H](C)Nc2ccc(C)c(F)c2)c(C)c1. The van der Waals surface area contributed by atoms with Gasteiger partial charge in [0.15, 0.2) is 0 Å². The van der Waals surface area contributed by atoms with Crippen LogP contribution in [0.15, 0.2) is 30.3 Å². The van der Waals surface area contributed by atoms with Gasteiger partial charge in [0.05, 0.1) is 0 Å². The lowest BCUT2D eigenvalue weighted by Gasteiger charge is -2.18. The molecule has 2 aromatic rings. The van der Waals surface area contributed by atoms with Gasteiger partial charge < -0.3 is 10.6 Å². The minimum atomic E-state index is -0.475. The Labute approximate surface area is 136 Å². The molecule has 0 saturated heterocycles. The van der Waals surface area contributed by atoms with Crippen molar-refractivity contribution in [1.82, 2.24) is 0 Å². The van der Waals surface area contributed by atoms with Crippen molar-refractivity contribution >= 4 is 17.3 Å². The summed E-state index contributed by atoms with van der Waals surface area (Å²) in [6.07, 6.45) is 0. The second-order valence-electron chi connectivity index (χ2n) is 6.09. The molecular weight excluding hydrogens is 291 g/mol. The number of amides is 1. The Morgan fingerprint density at radius 1 is 1.00 bits per heavy atom.